The minimum Gasteiger partial charge on any atom is -0.488 e. The fourth-order valence-corrected chi connectivity index (χ4v) is 1.43. The number of ether oxygens (including phenoxy) is 1. The second kappa shape index (κ2) is 2.25. The highest BCUT2D eigenvalue weighted by Gasteiger charge is 2.42. The standard InChI is InChI=1S/C9H13NO2/c1-9(2,3)8-7-6(12-10-8)4-5-11-7/h4-7H,1-3H3. The number of hydrogen-bond acceptors (Lipinski definition) is 3. The predicted molar refractivity (Wildman–Crippen MR) is 45.8 cm³/mol. The Kier molecular flexibility index (Phi) is 1.43. The molecule has 2 rings (SSSR count). The SMILES string of the molecule is CC(C)(C)C1=NOC2C=COC12. The van der Waals surface area contributed by atoms with Gasteiger partial charge in [0.2, 0.25) is 0 Å². The van der Waals surface area contributed by atoms with Crippen LogP contribution in [0.4, 0.5) is 0 Å². The molecule has 2 atom stereocenters. The maximum Gasteiger partial charge on any atom is 0.191 e. The Morgan fingerprint density at radius 3 is 2.83 bits per heavy atom. The second-order valence-corrected chi connectivity index (χ2v) is 4.18. The van der Waals surface area contributed by atoms with Gasteiger partial charge in [-0.15, -0.1) is 0 Å². The van der Waals surface area contributed by atoms with Crippen molar-refractivity contribution in [2.75, 3.05) is 0 Å². The van der Waals surface area contributed by atoms with Crippen LogP contribution in [0.1, 0.15) is 20.8 Å². The van der Waals surface area contributed by atoms with E-state index in [4.69, 9.17) is 9.57 Å². The summed E-state index contributed by atoms with van der Waals surface area (Å²) in [6.45, 7) is 6.33. The Morgan fingerprint density at radius 2 is 2.17 bits per heavy atom. The molecule has 2 heterocycles. The van der Waals surface area contributed by atoms with Crippen LogP contribution in [0.25, 0.3) is 0 Å². The Hall–Kier alpha value is -0.990. The smallest absolute Gasteiger partial charge is 0.191 e. The lowest BCUT2D eigenvalue weighted by Crippen LogP contribution is -2.34. The first-order chi connectivity index (χ1) is 5.59. The van der Waals surface area contributed by atoms with Crippen molar-refractivity contribution < 1.29 is 9.57 Å². The van der Waals surface area contributed by atoms with Gasteiger partial charge in [0.15, 0.2) is 12.2 Å². The van der Waals surface area contributed by atoms with Crippen molar-refractivity contribution >= 4 is 5.71 Å². The molecule has 0 N–H and O–H groups in total. The Labute approximate surface area is 72.0 Å². The van der Waals surface area contributed by atoms with Crippen LogP contribution in [0.5, 0.6) is 0 Å². The molecule has 0 spiro atoms. The summed E-state index contributed by atoms with van der Waals surface area (Å²) in [7, 11) is 0. The van der Waals surface area contributed by atoms with Crippen LogP contribution in [0.15, 0.2) is 17.5 Å². The fraction of sp³-hybridized carbons (Fsp3) is 0.667. The van der Waals surface area contributed by atoms with Crippen molar-refractivity contribution in [3.63, 3.8) is 0 Å². The maximum atomic E-state index is 5.38. The van der Waals surface area contributed by atoms with Crippen LogP contribution in [0.2, 0.25) is 0 Å². The molecular formula is C9H13NO2. The summed E-state index contributed by atoms with van der Waals surface area (Å²) in [5, 5.41) is 4.03. The summed E-state index contributed by atoms with van der Waals surface area (Å²) in [4.78, 5) is 5.19. The minimum atomic E-state index is 0.0132. The average molecular weight is 167 g/mol. The Bertz CT molecular complexity index is 250. The summed E-state index contributed by atoms with van der Waals surface area (Å²) >= 11 is 0. The Balaban J connectivity index is 2.20. The van der Waals surface area contributed by atoms with E-state index in [2.05, 4.69) is 25.9 Å². The van der Waals surface area contributed by atoms with E-state index in [1.165, 1.54) is 0 Å². The molecule has 0 aromatic rings. The van der Waals surface area contributed by atoms with E-state index in [1.807, 2.05) is 6.08 Å². The molecule has 0 bridgehead atoms. The molecule has 2 aliphatic rings. The summed E-state index contributed by atoms with van der Waals surface area (Å²) in [5.41, 5.74) is 1.03. The largest absolute Gasteiger partial charge is 0.488 e. The lowest BCUT2D eigenvalue weighted by molar-refractivity contribution is 0.0673. The van der Waals surface area contributed by atoms with Gasteiger partial charge in [-0.05, 0) is 6.08 Å². The van der Waals surface area contributed by atoms with Gasteiger partial charge in [-0.3, -0.25) is 0 Å². The van der Waals surface area contributed by atoms with Crippen molar-refractivity contribution in [3.05, 3.63) is 12.3 Å². The van der Waals surface area contributed by atoms with Gasteiger partial charge in [0.25, 0.3) is 0 Å². The van der Waals surface area contributed by atoms with Crippen molar-refractivity contribution in [1.82, 2.24) is 0 Å². The molecule has 0 saturated carbocycles. The molecule has 3 nitrogen and oxygen atoms in total. The van der Waals surface area contributed by atoms with Crippen LogP contribution in [0, 0.1) is 5.41 Å². The van der Waals surface area contributed by atoms with E-state index in [9.17, 15) is 0 Å². The third-order valence-electron chi connectivity index (χ3n) is 2.10. The molecule has 3 heteroatoms. The van der Waals surface area contributed by atoms with Gasteiger partial charge >= 0.3 is 0 Å². The number of nitrogens with zero attached hydrogens (tertiary/aromatic N) is 1. The second-order valence-electron chi connectivity index (χ2n) is 4.18. The van der Waals surface area contributed by atoms with Gasteiger partial charge in [-0.25, -0.2) is 0 Å². The van der Waals surface area contributed by atoms with Crippen molar-refractivity contribution in [1.29, 1.82) is 0 Å². The summed E-state index contributed by atoms with van der Waals surface area (Å²) in [6.07, 6.45) is 3.62. The van der Waals surface area contributed by atoms with Gasteiger partial charge in [0.1, 0.15) is 5.71 Å². The fourth-order valence-electron chi connectivity index (χ4n) is 1.43. The monoisotopic (exact) mass is 167 g/mol. The summed E-state index contributed by atoms with van der Waals surface area (Å²) in [5.74, 6) is 0. The third kappa shape index (κ3) is 1.00. The number of rotatable bonds is 0. The van der Waals surface area contributed by atoms with Gasteiger partial charge in [-0.2, -0.15) is 0 Å². The van der Waals surface area contributed by atoms with Crippen LogP contribution in [-0.2, 0) is 9.57 Å². The van der Waals surface area contributed by atoms with Gasteiger partial charge in [0, 0.05) is 5.41 Å². The van der Waals surface area contributed by atoms with E-state index in [0.29, 0.717) is 0 Å². The molecule has 66 valence electrons. The van der Waals surface area contributed by atoms with E-state index < -0.39 is 0 Å². The molecule has 0 saturated heterocycles. The lowest BCUT2D eigenvalue weighted by atomic mass is 9.86. The normalized spacial score (nSPS) is 32.4. The molecule has 0 aliphatic carbocycles. The van der Waals surface area contributed by atoms with Crippen LogP contribution in [-0.4, -0.2) is 17.9 Å². The molecule has 0 amide bonds. The van der Waals surface area contributed by atoms with Crippen molar-refractivity contribution in [3.8, 4) is 0 Å². The van der Waals surface area contributed by atoms with E-state index in [1.54, 1.807) is 6.26 Å². The van der Waals surface area contributed by atoms with Gasteiger partial charge in [-0.1, -0.05) is 25.9 Å². The van der Waals surface area contributed by atoms with Crippen molar-refractivity contribution in [2.24, 2.45) is 10.6 Å². The molecular weight excluding hydrogens is 154 g/mol. The molecule has 2 unspecified atom stereocenters. The molecule has 12 heavy (non-hydrogen) atoms. The lowest BCUT2D eigenvalue weighted by Gasteiger charge is -2.21. The highest BCUT2D eigenvalue weighted by Crippen LogP contribution is 2.30. The molecule has 0 aromatic heterocycles. The van der Waals surface area contributed by atoms with E-state index in [-0.39, 0.29) is 17.6 Å². The number of fused-ring (bicyclic) bond motifs is 1. The molecule has 2 aliphatic heterocycles. The first-order valence-corrected chi connectivity index (χ1v) is 4.15. The Morgan fingerprint density at radius 1 is 1.42 bits per heavy atom. The first kappa shape index (κ1) is 7.65. The zero-order valence-electron chi connectivity index (χ0n) is 7.57. The molecule has 0 radical (unpaired) electrons. The van der Waals surface area contributed by atoms with Crippen molar-refractivity contribution in [2.45, 2.75) is 33.0 Å². The zero-order chi connectivity index (χ0) is 8.77. The van der Waals surface area contributed by atoms with Crippen LogP contribution < -0.4 is 0 Å². The first-order valence-electron chi connectivity index (χ1n) is 4.15. The maximum absolute atomic E-state index is 5.38. The average Bonchev–Trinajstić information content (AvgIpc) is 2.37. The topological polar surface area (TPSA) is 30.8 Å². The van der Waals surface area contributed by atoms with E-state index >= 15 is 0 Å². The third-order valence-corrected chi connectivity index (χ3v) is 2.10. The molecule has 0 fully saturated rings. The van der Waals surface area contributed by atoms with Crippen LogP contribution >= 0.6 is 0 Å². The van der Waals surface area contributed by atoms with Gasteiger partial charge in [0.05, 0.1) is 6.26 Å². The summed E-state index contributed by atoms with van der Waals surface area (Å²) in [6, 6.07) is 0. The van der Waals surface area contributed by atoms with Gasteiger partial charge < -0.3 is 9.57 Å². The van der Waals surface area contributed by atoms with E-state index in [0.717, 1.165) is 5.71 Å². The highest BCUT2D eigenvalue weighted by molar-refractivity contribution is 5.94. The number of hydrogen-bond donors (Lipinski definition) is 0. The minimum absolute atomic E-state index is 0.0132. The van der Waals surface area contributed by atoms with Crippen LogP contribution in [0.3, 0.4) is 0 Å². The predicted octanol–water partition coefficient (Wildman–Crippen LogP) is 1.70. The highest BCUT2D eigenvalue weighted by atomic mass is 16.7. The quantitative estimate of drug-likeness (QED) is 0.549. The molecule has 0 aromatic carbocycles. The zero-order valence-corrected chi connectivity index (χ0v) is 7.57. The number of oxime groups is 1. The summed E-state index contributed by atoms with van der Waals surface area (Å²) < 4.78 is 5.38.